The fourth-order valence-electron chi connectivity index (χ4n) is 1.76. The number of nitrogens with one attached hydrogen (secondary N) is 1. The molecular formula is C16H18ClNO. The average Bonchev–Trinajstić information content (AvgIpc) is 2.41. The summed E-state index contributed by atoms with van der Waals surface area (Å²) < 4.78 is 5.77. The lowest BCUT2D eigenvalue weighted by Gasteiger charge is -2.09. The maximum atomic E-state index is 6.14. The predicted molar refractivity (Wildman–Crippen MR) is 80.1 cm³/mol. The highest BCUT2D eigenvalue weighted by molar-refractivity contribution is 6.32. The van der Waals surface area contributed by atoms with Crippen LogP contribution in [0.15, 0.2) is 42.5 Å². The third kappa shape index (κ3) is 3.98. The maximum absolute atomic E-state index is 6.14. The van der Waals surface area contributed by atoms with Crippen LogP contribution in [0.4, 0.5) is 0 Å². The minimum atomic E-state index is 0.636. The van der Waals surface area contributed by atoms with E-state index in [2.05, 4.69) is 24.4 Å². The molecule has 0 aliphatic carbocycles. The Kier molecular flexibility index (Phi) is 4.83. The summed E-state index contributed by atoms with van der Waals surface area (Å²) in [6.07, 6.45) is 0. The first-order valence-electron chi connectivity index (χ1n) is 6.42. The van der Waals surface area contributed by atoms with Gasteiger partial charge in [-0.05, 0) is 48.9 Å². The number of hydrogen-bond acceptors (Lipinski definition) is 2. The van der Waals surface area contributed by atoms with Gasteiger partial charge in [0.25, 0.3) is 0 Å². The van der Waals surface area contributed by atoms with Crippen molar-refractivity contribution in [3.63, 3.8) is 0 Å². The normalized spacial score (nSPS) is 10.5. The Bertz CT molecular complexity index is 537. The van der Waals surface area contributed by atoms with E-state index in [9.17, 15) is 0 Å². The van der Waals surface area contributed by atoms with Crippen LogP contribution in [0.25, 0.3) is 0 Å². The van der Waals surface area contributed by atoms with Crippen molar-refractivity contribution in [3.8, 4) is 11.5 Å². The summed E-state index contributed by atoms with van der Waals surface area (Å²) >= 11 is 6.14. The zero-order chi connectivity index (χ0) is 13.7. The Morgan fingerprint density at radius 2 is 1.84 bits per heavy atom. The second kappa shape index (κ2) is 6.60. The van der Waals surface area contributed by atoms with E-state index >= 15 is 0 Å². The molecule has 2 aromatic carbocycles. The summed E-state index contributed by atoms with van der Waals surface area (Å²) in [5.74, 6) is 1.48. The third-order valence-electron chi connectivity index (χ3n) is 2.82. The SMILES string of the molecule is CCNCc1ccc(Oc2ccc(C)cc2Cl)cc1. The van der Waals surface area contributed by atoms with Crippen molar-refractivity contribution in [1.82, 2.24) is 5.32 Å². The first-order valence-corrected chi connectivity index (χ1v) is 6.80. The number of ether oxygens (including phenoxy) is 1. The van der Waals surface area contributed by atoms with E-state index in [1.165, 1.54) is 5.56 Å². The number of benzene rings is 2. The van der Waals surface area contributed by atoms with Gasteiger partial charge in [-0.25, -0.2) is 0 Å². The molecule has 2 nitrogen and oxygen atoms in total. The number of aryl methyl sites for hydroxylation is 1. The molecule has 0 fully saturated rings. The van der Waals surface area contributed by atoms with Crippen LogP contribution < -0.4 is 10.1 Å². The molecule has 1 N–H and O–H groups in total. The van der Waals surface area contributed by atoms with Crippen LogP contribution in [0, 0.1) is 6.92 Å². The summed E-state index contributed by atoms with van der Waals surface area (Å²) in [4.78, 5) is 0. The van der Waals surface area contributed by atoms with E-state index in [1.54, 1.807) is 0 Å². The zero-order valence-electron chi connectivity index (χ0n) is 11.2. The van der Waals surface area contributed by atoms with Gasteiger partial charge < -0.3 is 10.1 Å². The molecule has 3 heteroatoms. The fourth-order valence-corrected chi connectivity index (χ4v) is 2.03. The Labute approximate surface area is 119 Å². The van der Waals surface area contributed by atoms with Gasteiger partial charge in [-0.2, -0.15) is 0 Å². The van der Waals surface area contributed by atoms with Gasteiger partial charge in [-0.15, -0.1) is 0 Å². The monoisotopic (exact) mass is 275 g/mol. The molecule has 0 saturated carbocycles. The molecule has 0 unspecified atom stereocenters. The van der Waals surface area contributed by atoms with Crippen LogP contribution in [-0.2, 0) is 6.54 Å². The summed E-state index contributed by atoms with van der Waals surface area (Å²) in [6, 6.07) is 13.8. The van der Waals surface area contributed by atoms with Crippen molar-refractivity contribution < 1.29 is 4.74 Å². The van der Waals surface area contributed by atoms with Crippen molar-refractivity contribution in [2.24, 2.45) is 0 Å². The Hall–Kier alpha value is -1.51. The Morgan fingerprint density at radius 1 is 1.11 bits per heavy atom. The molecule has 0 heterocycles. The summed E-state index contributed by atoms with van der Waals surface area (Å²) in [5, 5.41) is 3.92. The van der Waals surface area contributed by atoms with Crippen molar-refractivity contribution in [2.75, 3.05) is 6.54 Å². The molecule has 0 aliphatic rings. The largest absolute Gasteiger partial charge is 0.456 e. The van der Waals surface area contributed by atoms with Crippen molar-refractivity contribution in [1.29, 1.82) is 0 Å². The Balaban J connectivity index is 2.06. The molecule has 0 radical (unpaired) electrons. The zero-order valence-corrected chi connectivity index (χ0v) is 12.0. The topological polar surface area (TPSA) is 21.3 Å². The lowest BCUT2D eigenvalue weighted by molar-refractivity contribution is 0.482. The first-order chi connectivity index (χ1) is 9.19. The fraction of sp³-hybridized carbons (Fsp3) is 0.250. The van der Waals surface area contributed by atoms with E-state index in [-0.39, 0.29) is 0 Å². The molecule has 100 valence electrons. The van der Waals surface area contributed by atoms with Gasteiger partial charge in [-0.1, -0.05) is 36.7 Å². The van der Waals surface area contributed by atoms with Gasteiger partial charge >= 0.3 is 0 Å². The Morgan fingerprint density at radius 3 is 2.47 bits per heavy atom. The average molecular weight is 276 g/mol. The van der Waals surface area contributed by atoms with Crippen molar-refractivity contribution in [3.05, 3.63) is 58.6 Å². The molecular weight excluding hydrogens is 258 g/mol. The summed E-state index contributed by atoms with van der Waals surface area (Å²) in [6.45, 7) is 5.95. The molecule has 0 bridgehead atoms. The van der Waals surface area contributed by atoms with E-state index < -0.39 is 0 Å². The van der Waals surface area contributed by atoms with Crippen LogP contribution >= 0.6 is 11.6 Å². The van der Waals surface area contributed by atoms with Crippen molar-refractivity contribution >= 4 is 11.6 Å². The van der Waals surface area contributed by atoms with E-state index in [1.807, 2.05) is 37.3 Å². The van der Waals surface area contributed by atoms with Crippen LogP contribution in [0.5, 0.6) is 11.5 Å². The van der Waals surface area contributed by atoms with Gasteiger partial charge in [0.05, 0.1) is 5.02 Å². The van der Waals surface area contributed by atoms with Crippen molar-refractivity contribution in [2.45, 2.75) is 20.4 Å². The second-order valence-corrected chi connectivity index (χ2v) is 4.87. The molecule has 0 amide bonds. The molecule has 0 aromatic heterocycles. The standard InChI is InChI=1S/C16H18ClNO/c1-3-18-11-13-5-7-14(8-6-13)19-16-9-4-12(2)10-15(16)17/h4-10,18H,3,11H2,1-2H3. The molecule has 0 aliphatic heterocycles. The highest BCUT2D eigenvalue weighted by Crippen LogP contribution is 2.30. The lowest BCUT2D eigenvalue weighted by Crippen LogP contribution is -2.11. The number of halogens is 1. The smallest absolute Gasteiger partial charge is 0.146 e. The van der Waals surface area contributed by atoms with Gasteiger partial charge in [-0.3, -0.25) is 0 Å². The highest BCUT2D eigenvalue weighted by atomic mass is 35.5. The van der Waals surface area contributed by atoms with Gasteiger partial charge in [0.15, 0.2) is 0 Å². The second-order valence-electron chi connectivity index (χ2n) is 4.46. The van der Waals surface area contributed by atoms with Crippen LogP contribution in [0.1, 0.15) is 18.1 Å². The lowest BCUT2D eigenvalue weighted by atomic mass is 10.2. The van der Waals surface area contributed by atoms with E-state index in [0.29, 0.717) is 10.8 Å². The molecule has 0 saturated heterocycles. The van der Waals surface area contributed by atoms with E-state index in [0.717, 1.165) is 24.4 Å². The van der Waals surface area contributed by atoms with Gasteiger partial charge in [0.1, 0.15) is 11.5 Å². The predicted octanol–water partition coefficient (Wildman–Crippen LogP) is 4.55. The first kappa shape index (κ1) is 13.9. The van der Waals surface area contributed by atoms with Gasteiger partial charge in [0.2, 0.25) is 0 Å². The minimum Gasteiger partial charge on any atom is -0.456 e. The maximum Gasteiger partial charge on any atom is 0.146 e. The third-order valence-corrected chi connectivity index (χ3v) is 3.11. The minimum absolute atomic E-state index is 0.636. The molecule has 0 spiro atoms. The van der Waals surface area contributed by atoms with Crippen LogP contribution in [0.3, 0.4) is 0 Å². The van der Waals surface area contributed by atoms with Gasteiger partial charge in [0, 0.05) is 6.54 Å². The van der Waals surface area contributed by atoms with Crippen LogP contribution in [0.2, 0.25) is 5.02 Å². The number of rotatable bonds is 5. The van der Waals surface area contributed by atoms with Crippen LogP contribution in [-0.4, -0.2) is 6.54 Å². The molecule has 2 aromatic rings. The molecule has 19 heavy (non-hydrogen) atoms. The van der Waals surface area contributed by atoms with E-state index in [4.69, 9.17) is 16.3 Å². The summed E-state index contributed by atoms with van der Waals surface area (Å²) in [7, 11) is 0. The summed E-state index contributed by atoms with van der Waals surface area (Å²) in [5.41, 5.74) is 2.36. The molecule has 0 atom stereocenters. The molecule has 2 rings (SSSR count). The quantitative estimate of drug-likeness (QED) is 0.864. The number of hydrogen-bond donors (Lipinski definition) is 1. The highest BCUT2D eigenvalue weighted by Gasteiger charge is 2.03.